The van der Waals surface area contributed by atoms with E-state index >= 15 is 0 Å². The van der Waals surface area contributed by atoms with Crippen molar-refractivity contribution in [2.45, 2.75) is 0 Å². The molecule has 0 fully saturated rings. The molecule has 4 nitrogen and oxygen atoms in total. The van der Waals surface area contributed by atoms with Gasteiger partial charge in [0.05, 0.1) is 7.11 Å². The Morgan fingerprint density at radius 1 is 1.08 bits per heavy atom. The summed E-state index contributed by atoms with van der Waals surface area (Å²) in [5.74, 6) is -0.241. The monoisotopic (exact) mass is 346 g/mol. The van der Waals surface area contributed by atoms with Crippen molar-refractivity contribution < 1.29 is 13.9 Å². The summed E-state index contributed by atoms with van der Waals surface area (Å²) in [5, 5.41) is 13.7. The summed E-state index contributed by atoms with van der Waals surface area (Å²) >= 11 is 0. The molecule has 26 heavy (non-hydrogen) atoms. The minimum atomic E-state index is -0.556. The molecule has 0 heterocycles. The molecule has 0 aliphatic rings. The van der Waals surface area contributed by atoms with Gasteiger partial charge in [0.15, 0.2) is 0 Å². The Morgan fingerprint density at radius 2 is 1.77 bits per heavy atom. The summed E-state index contributed by atoms with van der Waals surface area (Å²) in [6, 6.07) is 18.4. The maximum absolute atomic E-state index is 13.0. The second-order valence-electron chi connectivity index (χ2n) is 5.53. The molecule has 0 unspecified atom stereocenters. The number of nitriles is 1. The molecular weight excluding hydrogens is 331 g/mol. The quantitative estimate of drug-likeness (QED) is 0.557. The van der Waals surface area contributed by atoms with Crippen LogP contribution in [-0.4, -0.2) is 13.0 Å². The summed E-state index contributed by atoms with van der Waals surface area (Å²) in [4.78, 5) is 12.4. The number of halogens is 1. The van der Waals surface area contributed by atoms with Gasteiger partial charge in [0.2, 0.25) is 0 Å². The Labute approximate surface area is 150 Å². The maximum atomic E-state index is 13.0. The van der Waals surface area contributed by atoms with Gasteiger partial charge >= 0.3 is 0 Å². The smallest absolute Gasteiger partial charge is 0.266 e. The van der Waals surface area contributed by atoms with Crippen LogP contribution in [0.1, 0.15) is 5.56 Å². The van der Waals surface area contributed by atoms with Crippen LogP contribution in [0.2, 0.25) is 0 Å². The lowest BCUT2D eigenvalue weighted by Gasteiger charge is -2.09. The van der Waals surface area contributed by atoms with Crippen LogP contribution in [0.5, 0.6) is 5.75 Å². The molecule has 0 bridgehead atoms. The molecular formula is C21H15FN2O2. The van der Waals surface area contributed by atoms with E-state index in [2.05, 4.69) is 5.32 Å². The molecule has 0 saturated heterocycles. The second kappa shape index (κ2) is 7.49. The SMILES string of the molecule is COc1ccc(/C=C(\C#N)C(=O)Nc2ccc(F)cc2)c2ccccc12. The Balaban J connectivity index is 1.97. The van der Waals surface area contributed by atoms with Gasteiger partial charge < -0.3 is 10.1 Å². The van der Waals surface area contributed by atoms with Crippen LogP contribution in [0.25, 0.3) is 16.8 Å². The van der Waals surface area contributed by atoms with Gasteiger partial charge in [0.1, 0.15) is 23.2 Å². The van der Waals surface area contributed by atoms with Crippen LogP contribution in [0.4, 0.5) is 10.1 Å². The fourth-order valence-corrected chi connectivity index (χ4v) is 2.63. The number of ether oxygens (including phenoxy) is 1. The van der Waals surface area contributed by atoms with Gasteiger partial charge in [0.25, 0.3) is 5.91 Å². The molecule has 1 N–H and O–H groups in total. The number of nitrogens with one attached hydrogen (secondary N) is 1. The molecule has 0 aromatic heterocycles. The number of nitrogens with zero attached hydrogens (tertiary/aromatic N) is 1. The van der Waals surface area contributed by atoms with E-state index in [4.69, 9.17) is 4.74 Å². The topological polar surface area (TPSA) is 62.1 Å². The van der Waals surface area contributed by atoms with Crippen molar-refractivity contribution in [1.82, 2.24) is 0 Å². The minimum Gasteiger partial charge on any atom is -0.496 e. The third-order valence-corrected chi connectivity index (χ3v) is 3.90. The number of amides is 1. The zero-order valence-electron chi connectivity index (χ0n) is 14.0. The Morgan fingerprint density at radius 3 is 2.42 bits per heavy atom. The van der Waals surface area contributed by atoms with Gasteiger partial charge in [-0.15, -0.1) is 0 Å². The zero-order chi connectivity index (χ0) is 18.5. The lowest BCUT2D eigenvalue weighted by atomic mass is 10.0. The zero-order valence-corrected chi connectivity index (χ0v) is 14.0. The van der Waals surface area contributed by atoms with Gasteiger partial charge in [-0.05, 0) is 47.4 Å². The number of carbonyl (C=O) groups is 1. The molecule has 5 heteroatoms. The molecule has 128 valence electrons. The van der Waals surface area contributed by atoms with Crippen molar-refractivity contribution in [1.29, 1.82) is 5.26 Å². The Bertz CT molecular complexity index is 1030. The summed E-state index contributed by atoms with van der Waals surface area (Å²) in [5.41, 5.74) is 1.09. The van der Waals surface area contributed by atoms with Crippen LogP contribution in [-0.2, 0) is 4.79 Å². The highest BCUT2D eigenvalue weighted by Crippen LogP contribution is 2.29. The lowest BCUT2D eigenvalue weighted by Crippen LogP contribution is -2.13. The number of rotatable bonds is 4. The van der Waals surface area contributed by atoms with Gasteiger partial charge in [0, 0.05) is 11.1 Å². The van der Waals surface area contributed by atoms with Gasteiger partial charge in [-0.25, -0.2) is 4.39 Å². The van der Waals surface area contributed by atoms with Crippen molar-refractivity contribution >= 4 is 28.4 Å². The highest BCUT2D eigenvalue weighted by molar-refractivity contribution is 6.11. The fourth-order valence-electron chi connectivity index (χ4n) is 2.63. The molecule has 0 aliphatic heterocycles. The molecule has 3 rings (SSSR count). The van der Waals surface area contributed by atoms with Crippen molar-refractivity contribution in [3.05, 3.63) is 77.6 Å². The van der Waals surface area contributed by atoms with E-state index in [-0.39, 0.29) is 5.57 Å². The van der Waals surface area contributed by atoms with Crippen LogP contribution in [0.15, 0.2) is 66.2 Å². The predicted octanol–water partition coefficient (Wildman–Crippen LogP) is 4.53. The third-order valence-electron chi connectivity index (χ3n) is 3.90. The number of fused-ring (bicyclic) bond motifs is 1. The highest BCUT2D eigenvalue weighted by Gasteiger charge is 2.12. The van der Waals surface area contributed by atoms with Crippen molar-refractivity contribution in [2.75, 3.05) is 12.4 Å². The van der Waals surface area contributed by atoms with Gasteiger partial charge in [-0.1, -0.05) is 30.3 Å². The number of anilines is 1. The van der Waals surface area contributed by atoms with Crippen LogP contribution in [0, 0.1) is 17.1 Å². The van der Waals surface area contributed by atoms with Crippen LogP contribution < -0.4 is 10.1 Å². The summed E-state index contributed by atoms with van der Waals surface area (Å²) in [6.07, 6.45) is 1.53. The Hall–Kier alpha value is -3.65. The van der Waals surface area contributed by atoms with Crippen molar-refractivity contribution in [3.63, 3.8) is 0 Å². The van der Waals surface area contributed by atoms with Crippen LogP contribution in [0.3, 0.4) is 0 Å². The predicted molar refractivity (Wildman–Crippen MR) is 99.1 cm³/mol. The minimum absolute atomic E-state index is 0.0513. The number of carbonyl (C=O) groups excluding carboxylic acids is 1. The average molecular weight is 346 g/mol. The van der Waals surface area contributed by atoms with E-state index < -0.39 is 11.7 Å². The first-order valence-corrected chi connectivity index (χ1v) is 7.87. The number of benzene rings is 3. The average Bonchev–Trinajstić information content (AvgIpc) is 2.67. The highest BCUT2D eigenvalue weighted by atomic mass is 19.1. The molecule has 1 amide bonds. The summed E-state index contributed by atoms with van der Waals surface area (Å²) < 4.78 is 18.3. The molecule has 0 saturated carbocycles. The molecule has 0 atom stereocenters. The molecule has 3 aromatic carbocycles. The van der Waals surface area contributed by atoms with E-state index in [1.54, 1.807) is 19.2 Å². The van der Waals surface area contributed by atoms with E-state index in [1.165, 1.54) is 30.3 Å². The lowest BCUT2D eigenvalue weighted by molar-refractivity contribution is -0.112. The van der Waals surface area contributed by atoms with Gasteiger partial charge in [-0.3, -0.25) is 4.79 Å². The van der Waals surface area contributed by atoms with E-state index in [1.807, 2.05) is 30.3 Å². The molecule has 3 aromatic rings. The standard InChI is InChI=1S/C21H15FN2O2/c1-26-20-11-6-14(18-4-2-3-5-19(18)20)12-15(13-23)21(25)24-17-9-7-16(22)8-10-17/h2-12H,1H3,(H,24,25)/b15-12+. The number of hydrogen-bond acceptors (Lipinski definition) is 3. The largest absolute Gasteiger partial charge is 0.496 e. The summed E-state index contributed by atoms with van der Waals surface area (Å²) in [6.45, 7) is 0. The molecule has 0 radical (unpaired) electrons. The van der Waals surface area contributed by atoms with Crippen LogP contribution >= 0.6 is 0 Å². The van der Waals surface area contributed by atoms with E-state index in [0.29, 0.717) is 11.4 Å². The number of hydrogen-bond donors (Lipinski definition) is 1. The first kappa shape index (κ1) is 17.2. The normalized spacial score (nSPS) is 11.0. The molecule has 0 spiro atoms. The van der Waals surface area contributed by atoms with E-state index in [9.17, 15) is 14.4 Å². The molecule has 0 aliphatic carbocycles. The van der Waals surface area contributed by atoms with Crippen molar-refractivity contribution in [3.8, 4) is 11.8 Å². The van der Waals surface area contributed by atoms with Gasteiger partial charge in [-0.2, -0.15) is 5.26 Å². The van der Waals surface area contributed by atoms with Crippen molar-refractivity contribution in [2.24, 2.45) is 0 Å². The van der Waals surface area contributed by atoms with E-state index in [0.717, 1.165) is 16.3 Å². The third kappa shape index (κ3) is 3.55. The first-order chi connectivity index (χ1) is 12.6. The number of methoxy groups -OCH3 is 1. The second-order valence-corrected chi connectivity index (χ2v) is 5.53. The summed E-state index contributed by atoms with van der Waals surface area (Å²) in [7, 11) is 1.59. The Kier molecular flexibility index (Phi) is 4.95. The first-order valence-electron chi connectivity index (χ1n) is 7.87. The maximum Gasteiger partial charge on any atom is 0.266 e. The fraction of sp³-hybridized carbons (Fsp3) is 0.0476.